The van der Waals surface area contributed by atoms with E-state index in [-0.39, 0.29) is 11.5 Å². The van der Waals surface area contributed by atoms with Gasteiger partial charge in [-0.1, -0.05) is 17.2 Å². The molecule has 0 bridgehead atoms. The zero-order valence-electron chi connectivity index (χ0n) is 14.2. The highest BCUT2D eigenvalue weighted by Crippen LogP contribution is 2.29. The number of ether oxygens (including phenoxy) is 1. The molecule has 4 rings (SSSR count). The van der Waals surface area contributed by atoms with Gasteiger partial charge in [0.15, 0.2) is 11.5 Å². The van der Waals surface area contributed by atoms with Gasteiger partial charge < -0.3 is 9.57 Å². The zero-order chi connectivity index (χ0) is 18.8. The Bertz CT molecular complexity index is 967. The Morgan fingerprint density at radius 2 is 1.85 bits per heavy atom. The lowest BCUT2D eigenvalue weighted by molar-refractivity contribution is -0.140. The van der Waals surface area contributed by atoms with Gasteiger partial charge in [0.2, 0.25) is 5.82 Å². The van der Waals surface area contributed by atoms with Crippen LogP contribution >= 0.6 is 11.6 Å². The molecule has 9 heteroatoms. The van der Waals surface area contributed by atoms with E-state index in [2.05, 4.69) is 20.8 Å². The van der Waals surface area contributed by atoms with Crippen LogP contribution in [0.5, 0.6) is 5.75 Å². The first kappa shape index (κ1) is 17.2. The molecule has 0 unspecified atom stereocenters. The van der Waals surface area contributed by atoms with Gasteiger partial charge in [-0.25, -0.2) is 14.8 Å². The van der Waals surface area contributed by atoms with E-state index in [0.717, 1.165) is 11.3 Å². The molecule has 136 valence electrons. The van der Waals surface area contributed by atoms with Crippen molar-refractivity contribution in [3.8, 4) is 5.75 Å². The van der Waals surface area contributed by atoms with Crippen molar-refractivity contribution >= 4 is 29.1 Å². The fraction of sp³-hybridized carbons (Fsp3) is 0.111. The van der Waals surface area contributed by atoms with Crippen molar-refractivity contribution in [3.63, 3.8) is 0 Å². The van der Waals surface area contributed by atoms with Crippen LogP contribution < -0.4 is 15.3 Å². The van der Waals surface area contributed by atoms with Crippen molar-refractivity contribution < 1.29 is 14.4 Å². The van der Waals surface area contributed by atoms with E-state index in [1.807, 2.05) is 6.92 Å². The van der Waals surface area contributed by atoms with Gasteiger partial charge in [0.25, 0.3) is 0 Å². The van der Waals surface area contributed by atoms with E-state index >= 15 is 0 Å². The fourth-order valence-electron chi connectivity index (χ4n) is 2.56. The number of carbonyl (C=O) groups is 1. The monoisotopic (exact) mass is 383 g/mol. The SMILES string of the molecule is CCOc1ccc(N2NOC(=O)/C2=C2/N=NC(c3ccc(Cl)cc3)=N2)cc1. The standard InChI is InChI=1S/C18H14ClN5O3/c1-2-26-14-9-7-13(8-10-14)24-15(18(25)27-23-24)17-20-16(21-22-17)11-3-5-12(19)6-4-11/h3-10,23H,2H2,1H3/b17-15-. The molecule has 0 radical (unpaired) electrons. The van der Waals surface area contributed by atoms with Gasteiger partial charge in [0, 0.05) is 10.6 Å². The molecule has 2 aromatic rings. The van der Waals surface area contributed by atoms with Crippen LogP contribution in [0.25, 0.3) is 0 Å². The first-order valence-corrected chi connectivity index (χ1v) is 8.54. The molecule has 2 aromatic carbocycles. The number of hydrogen-bond donors (Lipinski definition) is 1. The van der Waals surface area contributed by atoms with Gasteiger partial charge >= 0.3 is 5.97 Å². The van der Waals surface area contributed by atoms with Gasteiger partial charge in [-0.3, -0.25) is 0 Å². The fourth-order valence-corrected chi connectivity index (χ4v) is 2.69. The summed E-state index contributed by atoms with van der Waals surface area (Å²) in [6.07, 6.45) is 0. The minimum absolute atomic E-state index is 0.145. The smallest absolute Gasteiger partial charge is 0.380 e. The molecule has 0 aliphatic carbocycles. The molecule has 0 saturated carbocycles. The maximum atomic E-state index is 12.2. The van der Waals surface area contributed by atoms with E-state index in [9.17, 15) is 4.79 Å². The average Bonchev–Trinajstić information content (AvgIpc) is 3.30. The largest absolute Gasteiger partial charge is 0.494 e. The second-order valence-electron chi connectivity index (χ2n) is 5.56. The molecule has 2 aliphatic heterocycles. The van der Waals surface area contributed by atoms with Crippen LogP contribution in [0.4, 0.5) is 5.69 Å². The van der Waals surface area contributed by atoms with Crippen molar-refractivity contribution in [2.75, 3.05) is 11.6 Å². The summed E-state index contributed by atoms with van der Waals surface area (Å²) < 4.78 is 5.43. The first-order chi connectivity index (χ1) is 13.2. The van der Waals surface area contributed by atoms with Gasteiger partial charge in [-0.05, 0) is 55.5 Å². The second-order valence-corrected chi connectivity index (χ2v) is 5.99. The topological polar surface area (TPSA) is 87.9 Å². The van der Waals surface area contributed by atoms with E-state index in [1.54, 1.807) is 48.5 Å². The molecule has 0 atom stereocenters. The van der Waals surface area contributed by atoms with Gasteiger partial charge in [0.1, 0.15) is 5.75 Å². The van der Waals surface area contributed by atoms with Crippen LogP contribution in [0.2, 0.25) is 5.02 Å². The summed E-state index contributed by atoms with van der Waals surface area (Å²) in [5, 5.41) is 10.2. The molecule has 1 N–H and O–H groups in total. The number of halogens is 1. The number of azo groups is 1. The second kappa shape index (κ2) is 7.18. The average molecular weight is 384 g/mol. The molecule has 8 nitrogen and oxygen atoms in total. The number of nitrogens with zero attached hydrogens (tertiary/aromatic N) is 4. The number of amidine groups is 1. The minimum atomic E-state index is -0.598. The number of carbonyl (C=O) groups excluding carboxylic acids is 1. The van der Waals surface area contributed by atoms with Gasteiger partial charge in [-0.15, -0.1) is 10.2 Å². The highest BCUT2D eigenvalue weighted by Gasteiger charge is 2.34. The van der Waals surface area contributed by atoms with Crippen LogP contribution in [0, 0.1) is 0 Å². The molecule has 2 heterocycles. The summed E-state index contributed by atoms with van der Waals surface area (Å²) in [4.78, 5) is 21.5. The molecule has 0 amide bonds. The predicted octanol–water partition coefficient (Wildman–Crippen LogP) is 3.60. The third-order valence-corrected chi connectivity index (χ3v) is 4.07. The Hall–Kier alpha value is -3.23. The van der Waals surface area contributed by atoms with Crippen molar-refractivity contribution in [1.82, 2.24) is 5.59 Å². The highest BCUT2D eigenvalue weighted by atomic mass is 35.5. The Morgan fingerprint density at radius 3 is 2.56 bits per heavy atom. The quantitative estimate of drug-likeness (QED) is 0.815. The van der Waals surface area contributed by atoms with Crippen LogP contribution in [0.15, 0.2) is 75.3 Å². The Balaban J connectivity index is 1.67. The van der Waals surface area contributed by atoms with Crippen LogP contribution in [0.3, 0.4) is 0 Å². The van der Waals surface area contributed by atoms with Crippen LogP contribution in [-0.4, -0.2) is 18.4 Å². The molecule has 27 heavy (non-hydrogen) atoms. The number of anilines is 1. The lowest BCUT2D eigenvalue weighted by Gasteiger charge is -2.15. The molecule has 1 saturated heterocycles. The summed E-state index contributed by atoms with van der Waals surface area (Å²) in [7, 11) is 0. The predicted molar refractivity (Wildman–Crippen MR) is 99.2 cm³/mol. The van der Waals surface area contributed by atoms with Crippen LogP contribution in [0.1, 0.15) is 12.5 Å². The van der Waals surface area contributed by atoms with E-state index < -0.39 is 5.97 Å². The first-order valence-electron chi connectivity index (χ1n) is 8.16. The maximum Gasteiger partial charge on any atom is 0.380 e. The number of hydrazine groups is 1. The lowest BCUT2D eigenvalue weighted by Crippen LogP contribution is -2.29. The van der Waals surface area contributed by atoms with Crippen molar-refractivity contribution in [2.24, 2.45) is 15.2 Å². The summed E-state index contributed by atoms with van der Waals surface area (Å²) >= 11 is 5.90. The third kappa shape index (κ3) is 3.40. The number of benzene rings is 2. The lowest BCUT2D eigenvalue weighted by atomic mass is 10.2. The van der Waals surface area contributed by atoms with Gasteiger partial charge in [-0.2, -0.15) is 0 Å². The Labute approximate surface area is 159 Å². The normalized spacial score (nSPS) is 18.7. The number of rotatable bonds is 4. The Kier molecular flexibility index (Phi) is 4.57. The summed E-state index contributed by atoms with van der Waals surface area (Å²) in [5.41, 5.74) is 4.11. The summed E-state index contributed by atoms with van der Waals surface area (Å²) in [5.74, 6) is 0.675. The third-order valence-electron chi connectivity index (χ3n) is 3.82. The highest BCUT2D eigenvalue weighted by molar-refractivity contribution is 6.30. The van der Waals surface area contributed by atoms with Crippen LogP contribution in [-0.2, 0) is 9.63 Å². The number of nitrogens with one attached hydrogen (secondary N) is 1. The maximum absolute atomic E-state index is 12.2. The Morgan fingerprint density at radius 1 is 1.11 bits per heavy atom. The summed E-state index contributed by atoms with van der Waals surface area (Å²) in [6.45, 7) is 2.48. The number of aliphatic imine (C=N–C) groups is 1. The summed E-state index contributed by atoms with van der Waals surface area (Å²) in [6, 6.07) is 14.2. The molecule has 2 aliphatic rings. The molecular formula is C18H14ClN5O3. The van der Waals surface area contributed by atoms with Crippen molar-refractivity contribution in [2.45, 2.75) is 6.92 Å². The molecule has 0 spiro atoms. The molecule has 0 aromatic heterocycles. The van der Waals surface area contributed by atoms with Crippen molar-refractivity contribution in [3.05, 3.63) is 70.6 Å². The molecular weight excluding hydrogens is 370 g/mol. The van der Waals surface area contributed by atoms with E-state index in [1.165, 1.54) is 5.01 Å². The zero-order valence-corrected chi connectivity index (χ0v) is 15.0. The van der Waals surface area contributed by atoms with E-state index in [4.69, 9.17) is 21.2 Å². The molecule has 1 fully saturated rings. The minimum Gasteiger partial charge on any atom is -0.494 e. The van der Waals surface area contributed by atoms with E-state index in [0.29, 0.717) is 23.2 Å². The number of hydrogen-bond acceptors (Lipinski definition) is 8. The van der Waals surface area contributed by atoms with Gasteiger partial charge in [0.05, 0.1) is 12.3 Å². The van der Waals surface area contributed by atoms with Crippen molar-refractivity contribution in [1.29, 1.82) is 0 Å².